The standard InChI is InChI=1S/C21H29N5O.HI/c1-5-23-21(24-13-11-18-10-12-22-14-16(18)2)25-15-17-6-8-19(9-7-17)20(27)26(3)4;/h6-10,12,14H,5,11,13,15H2,1-4H3,(H2,23,24,25);1H. The first-order valence-electron chi connectivity index (χ1n) is 9.23. The molecule has 152 valence electrons. The molecule has 28 heavy (non-hydrogen) atoms. The van der Waals surface area contributed by atoms with Gasteiger partial charge >= 0.3 is 0 Å². The van der Waals surface area contributed by atoms with E-state index in [2.05, 4.69) is 33.6 Å². The Morgan fingerprint density at radius 2 is 1.86 bits per heavy atom. The number of nitrogens with zero attached hydrogens (tertiary/aromatic N) is 3. The van der Waals surface area contributed by atoms with E-state index in [9.17, 15) is 4.79 Å². The maximum absolute atomic E-state index is 11.9. The summed E-state index contributed by atoms with van der Waals surface area (Å²) in [5, 5.41) is 6.63. The summed E-state index contributed by atoms with van der Waals surface area (Å²) < 4.78 is 0. The van der Waals surface area contributed by atoms with Gasteiger partial charge in [0.1, 0.15) is 0 Å². The van der Waals surface area contributed by atoms with E-state index in [-0.39, 0.29) is 29.9 Å². The maximum Gasteiger partial charge on any atom is 0.253 e. The Labute approximate surface area is 184 Å². The zero-order chi connectivity index (χ0) is 19.6. The molecule has 6 nitrogen and oxygen atoms in total. The third-order valence-corrected chi connectivity index (χ3v) is 4.19. The van der Waals surface area contributed by atoms with Crippen LogP contribution in [0.3, 0.4) is 0 Å². The number of benzene rings is 1. The number of carbonyl (C=O) groups excluding carboxylic acids is 1. The van der Waals surface area contributed by atoms with E-state index in [1.165, 1.54) is 11.1 Å². The van der Waals surface area contributed by atoms with Gasteiger partial charge in [0.15, 0.2) is 5.96 Å². The van der Waals surface area contributed by atoms with Crippen LogP contribution in [-0.4, -0.2) is 48.9 Å². The summed E-state index contributed by atoms with van der Waals surface area (Å²) in [6.45, 7) is 6.28. The van der Waals surface area contributed by atoms with Gasteiger partial charge < -0.3 is 15.5 Å². The second-order valence-electron chi connectivity index (χ2n) is 6.57. The molecule has 0 bridgehead atoms. The molecule has 0 spiro atoms. The summed E-state index contributed by atoms with van der Waals surface area (Å²) in [4.78, 5) is 22.3. The molecule has 0 aliphatic carbocycles. The minimum atomic E-state index is 0. The number of carbonyl (C=O) groups is 1. The van der Waals surface area contributed by atoms with Gasteiger partial charge in [0.05, 0.1) is 6.54 Å². The van der Waals surface area contributed by atoms with E-state index < -0.39 is 0 Å². The number of hydrogen-bond donors (Lipinski definition) is 2. The van der Waals surface area contributed by atoms with Gasteiger partial charge in [0.2, 0.25) is 0 Å². The number of hydrogen-bond acceptors (Lipinski definition) is 3. The van der Waals surface area contributed by atoms with Crippen LogP contribution < -0.4 is 10.6 Å². The number of pyridine rings is 1. The molecule has 0 fully saturated rings. The lowest BCUT2D eigenvalue weighted by molar-refractivity contribution is 0.0827. The molecule has 2 rings (SSSR count). The molecule has 2 N–H and O–H groups in total. The van der Waals surface area contributed by atoms with Crippen molar-refractivity contribution in [2.24, 2.45) is 4.99 Å². The van der Waals surface area contributed by atoms with Gasteiger partial charge in [0.25, 0.3) is 5.91 Å². The monoisotopic (exact) mass is 495 g/mol. The fourth-order valence-corrected chi connectivity index (χ4v) is 2.62. The summed E-state index contributed by atoms with van der Waals surface area (Å²) in [7, 11) is 3.50. The fourth-order valence-electron chi connectivity index (χ4n) is 2.62. The number of halogens is 1. The molecular formula is C21H30IN5O. The number of guanidine groups is 1. The minimum Gasteiger partial charge on any atom is -0.357 e. The highest BCUT2D eigenvalue weighted by Gasteiger charge is 2.07. The summed E-state index contributed by atoms with van der Waals surface area (Å²) in [5.74, 6) is 0.795. The lowest BCUT2D eigenvalue weighted by atomic mass is 10.1. The average Bonchev–Trinajstić information content (AvgIpc) is 2.67. The Balaban J connectivity index is 0.00000392. The van der Waals surface area contributed by atoms with Crippen molar-refractivity contribution in [3.8, 4) is 0 Å². The van der Waals surface area contributed by atoms with E-state index >= 15 is 0 Å². The van der Waals surface area contributed by atoms with Crippen molar-refractivity contribution in [1.82, 2.24) is 20.5 Å². The third kappa shape index (κ3) is 7.46. The first-order valence-corrected chi connectivity index (χ1v) is 9.23. The number of amides is 1. The summed E-state index contributed by atoms with van der Waals surface area (Å²) in [6, 6.07) is 9.64. The van der Waals surface area contributed by atoms with Crippen LogP contribution in [0.1, 0.15) is 34.0 Å². The van der Waals surface area contributed by atoms with Crippen LogP contribution >= 0.6 is 24.0 Å². The first kappa shape index (κ1) is 23.9. The maximum atomic E-state index is 11.9. The lowest BCUT2D eigenvalue weighted by Gasteiger charge is -2.12. The molecule has 1 heterocycles. The topological polar surface area (TPSA) is 69.6 Å². The minimum absolute atomic E-state index is 0. The Bertz CT molecular complexity index is 775. The van der Waals surface area contributed by atoms with E-state index in [1.54, 1.807) is 19.0 Å². The fraction of sp³-hybridized carbons (Fsp3) is 0.381. The molecule has 0 saturated carbocycles. The Morgan fingerprint density at radius 1 is 1.14 bits per heavy atom. The highest BCUT2D eigenvalue weighted by Crippen LogP contribution is 2.08. The molecule has 1 aromatic carbocycles. The predicted molar refractivity (Wildman–Crippen MR) is 125 cm³/mol. The van der Waals surface area contributed by atoms with Gasteiger partial charge in [-0.2, -0.15) is 0 Å². The van der Waals surface area contributed by atoms with Gasteiger partial charge in [-0.3, -0.25) is 9.78 Å². The van der Waals surface area contributed by atoms with Crippen LogP contribution in [0.4, 0.5) is 0 Å². The predicted octanol–water partition coefficient (Wildman–Crippen LogP) is 3.01. The van der Waals surface area contributed by atoms with E-state index in [0.717, 1.165) is 31.0 Å². The third-order valence-electron chi connectivity index (χ3n) is 4.19. The zero-order valence-electron chi connectivity index (χ0n) is 17.0. The van der Waals surface area contributed by atoms with E-state index in [0.29, 0.717) is 12.1 Å². The van der Waals surface area contributed by atoms with Crippen molar-refractivity contribution in [3.63, 3.8) is 0 Å². The van der Waals surface area contributed by atoms with E-state index in [4.69, 9.17) is 0 Å². The highest BCUT2D eigenvalue weighted by molar-refractivity contribution is 14.0. The molecule has 0 aliphatic rings. The van der Waals surface area contributed by atoms with Crippen molar-refractivity contribution in [2.75, 3.05) is 27.2 Å². The van der Waals surface area contributed by atoms with Crippen molar-refractivity contribution >= 4 is 35.8 Å². The summed E-state index contributed by atoms with van der Waals surface area (Å²) in [5.41, 5.74) is 4.24. The van der Waals surface area contributed by atoms with Gasteiger partial charge in [-0.1, -0.05) is 12.1 Å². The van der Waals surface area contributed by atoms with Crippen LogP contribution in [0.5, 0.6) is 0 Å². The molecule has 0 unspecified atom stereocenters. The average molecular weight is 495 g/mol. The molecule has 0 radical (unpaired) electrons. The second-order valence-corrected chi connectivity index (χ2v) is 6.57. The molecule has 0 atom stereocenters. The number of aromatic nitrogens is 1. The zero-order valence-corrected chi connectivity index (χ0v) is 19.4. The second kappa shape index (κ2) is 12.3. The molecule has 2 aromatic rings. The molecule has 1 aromatic heterocycles. The van der Waals surface area contributed by atoms with Gasteiger partial charge in [-0.05, 0) is 55.2 Å². The number of aryl methyl sites for hydroxylation is 1. The SMILES string of the molecule is CCNC(=NCc1ccc(C(=O)N(C)C)cc1)NCCc1ccncc1C.I. The van der Waals surface area contributed by atoms with Gasteiger partial charge in [-0.25, -0.2) is 4.99 Å². The Kier molecular flexibility index (Phi) is 10.5. The van der Waals surface area contributed by atoms with Crippen LogP contribution in [0.15, 0.2) is 47.7 Å². The van der Waals surface area contributed by atoms with Gasteiger partial charge in [-0.15, -0.1) is 24.0 Å². The molecular weight excluding hydrogens is 465 g/mol. The van der Waals surface area contributed by atoms with Crippen molar-refractivity contribution in [3.05, 3.63) is 65.0 Å². The Hall–Kier alpha value is -2.16. The largest absolute Gasteiger partial charge is 0.357 e. The number of nitrogens with one attached hydrogen (secondary N) is 2. The lowest BCUT2D eigenvalue weighted by Crippen LogP contribution is -2.38. The van der Waals surface area contributed by atoms with Crippen LogP contribution in [0.2, 0.25) is 0 Å². The van der Waals surface area contributed by atoms with Gasteiger partial charge in [0, 0.05) is 45.1 Å². The smallest absolute Gasteiger partial charge is 0.253 e. The van der Waals surface area contributed by atoms with Crippen LogP contribution in [0.25, 0.3) is 0 Å². The first-order chi connectivity index (χ1) is 13.0. The molecule has 0 aliphatic heterocycles. The quantitative estimate of drug-likeness (QED) is 0.352. The van der Waals surface area contributed by atoms with Crippen molar-refractivity contribution in [1.29, 1.82) is 0 Å². The van der Waals surface area contributed by atoms with Crippen molar-refractivity contribution < 1.29 is 4.79 Å². The number of aliphatic imine (C=N–C) groups is 1. The van der Waals surface area contributed by atoms with Crippen LogP contribution in [0, 0.1) is 6.92 Å². The van der Waals surface area contributed by atoms with Crippen molar-refractivity contribution in [2.45, 2.75) is 26.8 Å². The van der Waals surface area contributed by atoms with E-state index in [1.807, 2.05) is 43.6 Å². The summed E-state index contributed by atoms with van der Waals surface area (Å²) in [6.07, 6.45) is 4.63. The molecule has 7 heteroatoms. The van der Waals surface area contributed by atoms with Crippen LogP contribution in [-0.2, 0) is 13.0 Å². The Morgan fingerprint density at radius 3 is 2.46 bits per heavy atom. The summed E-state index contributed by atoms with van der Waals surface area (Å²) >= 11 is 0. The molecule has 1 amide bonds. The highest BCUT2D eigenvalue weighted by atomic mass is 127. The molecule has 0 saturated heterocycles. The normalized spacial score (nSPS) is 10.8. The number of rotatable bonds is 7.